The molecule has 0 aliphatic rings. The van der Waals surface area contributed by atoms with Gasteiger partial charge < -0.3 is 5.73 Å². The molecular formula is C13H17N3. The van der Waals surface area contributed by atoms with E-state index in [1.165, 1.54) is 11.3 Å². The summed E-state index contributed by atoms with van der Waals surface area (Å²) in [7, 11) is 0. The van der Waals surface area contributed by atoms with Crippen LogP contribution in [0, 0.1) is 0 Å². The van der Waals surface area contributed by atoms with Gasteiger partial charge in [-0.15, -0.1) is 0 Å². The normalized spacial score (nSPS) is 10.6. The van der Waals surface area contributed by atoms with Gasteiger partial charge in [0, 0.05) is 13.0 Å². The Balaban J connectivity index is 2.39. The fourth-order valence-electron chi connectivity index (χ4n) is 1.82. The highest BCUT2D eigenvalue weighted by Crippen LogP contribution is 2.20. The van der Waals surface area contributed by atoms with Gasteiger partial charge in [-0.25, -0.2) is 0 Å². The lowest BCUT2D eigenvalue weighted by Crippen LogP contribution is -2.04. The maximum atomic E-state index is 5.55. The molecule has 0 saturated heterocycles. The monoisotopic (exact) mass is 215 g/mol. The maximum absolute atomic E-state index is 5.55. The summed E-state index contributed by atoms with van der Waals surface area (Å²) in [5, 5.41) is 4.53. The van der Waals surface area contributed by atoms with Crippen molar-refractivity contribution in [1.82, 2.24) is 9.78 Å². The molecule has 1 aromatic carbocycles. The summed E-state index contributed by atoms with van der Waals surface area (Å²) in [6.07, 6.45) is 0.840. The molecule has 0 amide bonds. The molecule has 16 heavy (non-hydrogen) atoms. The molecule has 3 heteroatoms. The molecule has 2 rings (SSSR count). The van der Waals surface area contributed by atoms with E-state index in [4.69, 9.17) is 5.73 Å². The number of hydrogen-bond acceptors (Lipinski definition) is 2. The Morgan fingerprint density at radius 2 is 2.00 bits per heavy atom. The summed E-state index contributed by atoms with van der Waals surface area (Å²) >= 11 is 0. The third-order valence-electron chi connectivity index (χ3n) is 2.60. The van der Waals surface area contributed by atoms with Crippen LogP contribution in [-0.2, 0) is 13.0 Å². The Morgan fingerprint density at radius 1 is 1.25 bits per heavy atom. The number of nitrogens with two attached hydrogens (primary N) is 1. The van der Waals surface area contributed by atoms with E-state index in [9.17, 15) is 0 Å². The molecule has 0 bridgehead atoms. The molecule has 1 aromatic heterocycles. The number of nitrogens with zero attached hydrogens (tertiary/aromatic N) is 2. The van der Waals surface area contributed by atoms with Crippen LogP contribution in [0.3, 0.4) is 0 Å². The van der Waals surface area contributed by atoms with Gasteiger partial charge in [0.2, 0.25) is 0 Å². The van der Waals surface area contributed by atoms with Crippen LogP contribution in [0.2, 0.25) is 0 Å². The molecule has 3 nitrogen and oxygen atoms in total. The van der Waals surface area contributed by atoms with Gasteiger partial charge >= 0.3 is 0 Å². The molecule has 1 heterocycles. The second-order valence-corrected chi connectivity index (χ2v) is 3.74. The molecule has 0 aliphatic heterocycles. The molecule has 0 aliphatic carbocycles. The summed E-state index contributed by atoms with van der Waals surface area (Å²) in [6.45, 7) is 3.63. The molecule has 2 N–H and O–H groups in total. The van der Waals surface area contributed by atoms with Gasteiger partial charge in [0.1, 0.15) is 0 Å². The van der Waals surface area contributed by atoms with Gasteiger partial charge in [0.15, 0.2) is 0 Å². The largest absolute Gasteiger partial charge is 0.330 e. The van der Waals surface area contributed by atoms with Crippen molar-refractivity contribution in [3.63, 3.8) is 0 Å². The van der Waals surface area contributed by atoms with Crippen molar-refractivity contribution in [2.75, 3.05) is 6.54 Å². The number of hydrogen-bond donors (Lipinski definition) is 1. The fourth-order valence-corrected chi connectivity index (χ4v) is 1.82. The maximum Gasteiger partial charge on any atom is 0.0685 e. The Hall–Kier alpha value is -1.61. The second-order valence-electron chi connectivity index (χ2n) is 3.74. The number of benzene rings is 1. The van der Waals surface area contributed by atoms with E-state index >= 15 is 0 Å². The van der Waals surface area contributed by atoms with E-state index in [-0.39, 0.29) is 0 Å². The smallest absolute Gasteiger partial charge is 0.0685 e. The van der Waals surface area contributed by atoms with E-state index < -0.39 is 0 Å². The average Bonchev–Trinajstić information content (AvgIpc) is 2.74. The quantitative estimate of drug-likeness (QED) is 0.848. The van der Waals surface area contributed by atoms with E-state index in [1.807, 2.05) is 22.9 Å². The van der Waals surface area contributed by atoms with E-state index in [2.05, 4.69) is 30.2 Å². The number of rotatable bonds is 4. The van der Waals surface area contributed by atoms with Crippen LogP contribution in [0.4, 0.5) is 0 Å². The Bertz CT molecular complexity index is 445. The first-order valence-electron chi connectivity index (χ1n) is 5.67. The predicted octanol–water partition coefficient (Wildman–Crippen LogP) is 2.07. The van der Waals surface area contributed by atoms with Crippen LogP contribution in [0.25, 0.3) is 11.3 Å². The highest BCUT2D eigenvalue weighted by molar-refractivity contribution is 5.59. The molecule has 2 aromatic rings. The third-order valence-corrected chi connectivity index (χ3v) is 2.60. The zero-order valence-electron chi connectivity index (χ0n) is 9.56. The summed E-state index contributed by atoms with van der Waals surface area (Å²) in [5.74, 6) is 0. The molecule has 0 radical (unpaired) electrons. The van der Waals surface area contributed by atoms with Crippen molar-refractivity contribution < 1.29 is 0 Å². The van der Waals surface area contributed by atoms with E-state index in [1.54, 1.807) is 0 Å². The summed E-state index contributed by atoms with van der Waals surface area (Å²) in [5.41, 5.74) is 9.00. The zero-order chi connectivity index (χ0) is 11.4. The Labute approximate surface area is 95.9 Å². The van der Waals surface area contributed by atoms with Crippen LogP contribution in [0.5, 0.6) is 0 Å². The first-order chi connectivity index (χ1) is 7.85. The van der Waals surface area contributed by atoms with Crippen LogP contribution < -0.4 is 5.73 Å². The van der Waals surface area contributed by atoms with Crippen molar-refractivity contribution in [1.29, 1.82) is 0 Å². The van der Waals surface area contributed by atoms with Gasteiger partial charge in [0.25, 0.3) is 0 Å². The third kappa shape index (κ3) is 2.14. The van der Waals surface area contributed by atoms with E-state index in [0.29, 0.717) is 6.54 Å². The molecule has 84 valence electrons. The van der Waals surface area contributed by atoms with Crippen LogP contribution in [-0.4, -0.2) is 16.3 Å². The zero-order valence-corrected chi connectivity index (χ0v) is 9.56. The van der Waals surface area contributed by atoms with Crippen molar-refractivity contribution in [2.45, 2.75) is 19.9 Å². The topological polar surface area (TPSA) is 43.8 Å². The lowest BCUT2D eigenvalue weighted by atomic mass is 10.1. The van der Waals surface area contributed by atoms with Gasteiger partial charge in [-0.1, -0.05) is 30.3 Å². The van der Waals surface area contributed by atoms with Crippen molar-refractivity contribution in [3.8, 4) is 11.3 Å². The average molecular weight is 215 g/mol. The number of aryl methyl sites for hydroxylation is 1. The van der Waals surface area contributed by atoms with Gasteiger partial charge in [-0.05, 0) is 25.1 Å². The van der Waals surface area contributed by atoms with Gasteiger partial charge in [-0.2, -0.15) is 5.10 Å². The van der Waals surface area contributed by atoms with E-state index in [0.717, 1.165) is 18.7 Å². The lowest BCUT2D eigenvalue weighted by molar-refractivity contribution is 0.652. The van der Waals surface area contributed by atoms with Gasteiger partial charge in [-0.3, -0.25) is 4.68 Å². The first-order valence-corrected chi connectivity index (χ1v) is 5.67. The minimum absolute atomic E-state index is 0.648. The standard InChI is InChI=1S/C13H17N3/c1-2-16-13(10-12(15-16)8-9-14)11-6-4-3-5-7-11/h3-7,10H,2,8-9,14H2,1H3. The van der Waals surface area contributed by atoms with Crippen molar-refractivity contribution >= 4 is 0 Å². The first kappa shape index (κ1) is 10.9. The molecule has 0 unspecified atom stereocenters. The molecule has 0 fully saturated rings. The molecule has 0 saturated carbocycles. The lowest BCUT2D eigenvalue weighted by Gasteiger charge is -2.03. The minimum Gasteiger partial charge on any atom is -0.330 e. The predicted molar refractivity (Wildman–Crippen MR) is 66.1 cm³/mol. The molecular weight excluding hydrogens is 198 g/mol. The highest BCUT2D eigenvalue weighted by Gasteiger charge is 2.07. The molecule has 0 spiro atoms. The van der Waals surface area contributed by atoms with Gasteiger partial charge in [0.05, 0.1) is 11.4 Å². The van der Waals surface area contributed by atoms with Crippen LogP contribution >= 0.6 is 0 Å². The van der Waals surface area contributed by atoms with Crippen LogP contribution in [0.15, 0.2) is 36.4 Å². The SMILES string of the molecule is CCn1nc(CCN)cc1-c1ccccc1. The summed E-state index contributed by atoms with van der Waals surface area (Å²) in [4.78, 5) is 0. The summed E-state index contributed by atoms with van der Waals surface area (Å²) < 4.78 is 2.03. The summed E-state index contributed by atoms with van der Waals surface area (Å²) in [6, 6.07) is 12.5. The second kappa shape index (κ2) is 4.94. The minimum atomic E-state index is 0.648. The Kier molecular flexibility index (Phi) is 3.37. The highest BCUT2D eigenvalue weighted by atomic mass is 15.3. The van der Waals surface area contributed by atoms with Crippen molar-refractivity contribution in [3.05, 3.63) is 42.1 Å². The number of aromatic nitrogens is 2. The van der Waals surface area contributed by atoms with Crippen molar-refractivity contribution in [2.24, 2.45) is 5.73 Å². The Morgan fingerprint density at radius 3 is 2.62 bits per heavy atom. The van der Waals surface area contributed by atoms with Crippen LogP contribution in [0.1, 0.15) is 12.6 Å². The fraction of sp³-hybridized carbons (Fsp3) is 0.308. The molecule has 0 atom stereocenters.